The largest absolute Gasteiger partial charge is 0.489 e. The van der Waals surface area contributed by atoms with Crippen molar-refractivity contribution in [3.63, 3.8) is 0 Å². The molecule has 5 nitrogen and oxygen atoms in total. The molecule has 0 aliphatic rings. The Morgan fingerprint density at radius 1 is 1.04 bits per heavy atom. The minimum Gasteiger partial charge on any atom is -0.489 e. The van der Waals surface area contributed by atoms with Gasteiger partial charge < -0.3 is 10.5 Å². The van der Waals surface area contributed by atoms with Crippen LogP contribution in [0.25, 0.3) is 0 Å². The molecule has 26 heavy (non-hydrogen) atoms. The van der Waals surface area contributed by atoms with E-state index in [-0.39, 0.29) is 24.3 Å². The third kappa shape index (κ3) is 5.61. The van der Waals surface area contributed by atoms with Crippen LogP contribution in [-0.4, -0.2) is 11.9 Å². The van der Waals surface area contributed by atoms with E-state index in [0.717, 1.165) is 11.3 Å². The summed E-state index contributed by atoms with van der Waals surface area (Å²) in [7, 11) is 0. The molecule has 3 aromatic rings. The van der Waals surface area contributed by atoms with Crippen molar-refractivity contribution in [3.05, 3.63) is 82.6 Å². The van der Waals surface area contributed by atoms with Gasteiger partial charge in [0.2, 0.25) is 5.96 Å². The lowest BCUT2D eigenvalue weighted by Gasteiger charge is -2.07. The Labute approximate surface area is 161 Å². The molecule has 1 amide bonds. The van der Waals surface area contributed by atoms with Crippen molar-refractivity contribution in [2.75, 3.05) is 0 Å². The molecule has 0 aliphatic heterocycles. The molecule has 0 fully saturated rings. The van der Waals surface area contributed by atoms with Gasteiger partial charge in [-0.05, 0) is 41.3 Å². The van der Waals surface area contributed by atoms with Gasteiger partial charge in [-0.25, -0.2) is 4.99 Å². The molecule has 7 heteroatoms. The van der Waals surface area contributed by atoms with Gasteiger partial charge in [-0.3, -0.25) is 10.1 Å². The molecule has 0 saturated carbocycles. The van der Waals surface area contributed by atoms with Crippen molar-refractivity contribution in [2.45, 2.75) is 6.61 Å². The number of rotatable bonds is 5. The second-order valence-corrected chi connectivity index (χ2v) is 6.14. The average Bonchev–Trinajstić information content (AvgIpc) is 3.17. The highest BCUT2D eigenvalue weighted by Gasteiger charge is 2.07. The van der Waals surface area contributed by atoms with Crippen LogP contribution in [0.5, 0.6) is 5.75 Å². The normalized spacial score (nSPS) is 10.7. The Morgan fingerprint density at radius 2 is 1.77 bits per heavy atom. The number of ether oxygens (including phenoxy) is 1. The van der Waals surface area contributed by atoms with Crippen LogP contribution < -0.4 is 15.8 Å². The third-order valence-corrected chi connectivity index (χ3v) is 4.19. The van der Waals surface area contributed by atoms with Gasteiger partial charge >= 0.3 is 0 Å². The highest BCUT2D eigenvalue weighted by molar-refractivity contribution is 7.12. The number of nitrogens with two attached hydrogens (primary N) is 1. The van der Waals surface area contributed by atoms with Crippen molar-refractivity contribution in [2.24, 2.45) is 10.7 Å². The minimum atomic E-state index is -0.265. The van der Waals surface area contributed by atoms with Crippen LogP contribution in [-0.2, 0) is 6.61 Å². The molecule has 1 aromatic heterocycles. The molecule has 0 unspecified atom stereocenters. The number of amides is 1. The first-order chi connectivity index (χ1) is 12.2. The number of carbonyl (C=O) groups is 1. The molecule has 0 saturated heterocycles. The zero-order valence-electron chi connectivity index (χ0n) is 13.8. The van der Waals surface area contributed by atoms with Crippen molar-refractivity contribution >= 4 is 41.3 Å². The lowest BCUT2D eigenvalue weighted by atomic mass is 10.2. The van der Waals surface area contributed by atoms with Crippen molar-refractivity contribution in [1.82, 2.24) is 5.32 Å². The van der Waals surface area contributed by atoms with Gasteiger partial charge in [0, 0.05) is 0 Å². The molecule has 0 spiro atoms. The fourth-order valence-electron chi connectivity index (χ4n) is 2.11. The van der Waals surface area contributed by atoms with Crippen LogP contribution in [0.2, 0.25) is 0 Å². The zero-order chi connectivity index (χ0) is 17.5. The summed E-state index contributed by atoms with van der Waals surface area (Å²) < 4.78 is 5.72. The monoisotopic (exact) mass is 387 g/mol. The predicted octanol–water partition coefficient (Wildman–Crippen LogP) is 4.13. The van der Waals surface area contributed by atoms with Gasteiger partial charge in [0.1, 0.15) is 12.4 Å². The molecule has 3 rings (SSSR count). The van der Waals surface area contributed by atoms with Gasteiger partial charge in [0.05, 0.1) is 10.6 Å². The second-order valence-electron chi connectivity index (χ2n) is 5.20. The second kappa shape index (κ2) is 9.60. The summed E-state index contributed by atoms with van der Waals surface area (Å²) in [6.07, 6.45) is 0. The average molecular weight is 388 g/mol. The van der Waals surface area contributed by atoms with Crippen LogP contribution in [0.3, 0.4) is 0 Å². The predicted molar refractivity (Wildman–Crippen MR) is 108 cm³/mol. The Bertz CT molecular complexity index is 850. The van der Waals surface area contributed by atoms with Crippen LogP contribution in [0.15, 0.2) is 77.1 Å². The van der Waals surface area contributed by atoms with Gasteiger partial charge in [-0.15, -0.1) is 23.7 Å². The third-order valence-electron chi connectivity index (χ3n) is 3.32. The van der Waals surface area contributed by atoms with Crippen LogP contribution in [0.4, 0.5) is 5.69 Å². The van der Waals surface area contributed by atoms with E-state index >= 15 is 0 Å². The number of benzene rings is 2. The molecule has 0 radical (unpaired) electrons. The molecule has 1 heterocycles. The lowest BCUT2D eigenvalue weighted by molar-refractivity contribution is 0.0980. The Hall–Kier alpha value is -2.83. The molecule has 2 aromatic carbocycles. The molecule has 0 aliphatic carbocycles. The molecular formula is C19H18ClN3O2S. The number of aliphatic imine (C=N–C) groups is 1. The van der Waals surface area contributed by atoms with E-state index in [4.69, 9.17) is 10.5 Å². The molecule has 3 N–H and O–H groups in total. The number of nitrogens with zero attached hydrogens (tertiary/aromatic N) is 1. The summed E-state index contributed by atoms with van der Waals surface area (Å²) in [5.41, 5.74) is 7.51. The van der Waals surface area contributed by atoms with E-state index in [9.17, 15) is 4.79 Å². The van der Waals surface area contributed by atoms with Crippen LogP contribution in [0.1, 0.15) is 15.2 Å². The maximum Gasteiger partial charge on any atom is 0.268 e. The highest BCUT2D eigenvalue weighted by atomic mass is 35.5. The molecule has 0 atom stereocenters. The quantitative estimate of drug-likeness (QED) is 0.510. The fraction of sp³-hybridized carbons (Fsp3) is 0.0526. The Kier molecular flexibility index (Phi) is 7.20. The van der Waals surface area contributed by atoms with E-state index in [0.29, 0.717) is 17.2 Å². The summed E-state index contributed by atoms with van der Waals surface area (Å²) in [5, 5.41) is 4.39. The van der Waals surface area contributed by atoms with Crippen molar-refractivity contribution < 1.29 is 9.53 Å². The standard InChI is InChI=1S/C19H17N3O2S.ClH/c20-19(22-18(23)17-7-4-12-25-17)21-15-8-10-16(11-9-15)24-13-14-5-2-1-3-6-14;/h1-12H,13H2,(H3,20,21,22,23);1H. The van der Waals surface area contributed by atoms with Crippen LogP contribution >= 0.6 is 23.7 Å². The Morgan fingerprint density at radius 3 is 2.42 bits per heavy atom. The van der Waals surface area contributed by atoms with Gasteiger partial charge in [0.15, 0.2) is 0 Å². The fourth-order valence-corrected chi connectivity index (χ4v) is 2.73. The first-order valence-corrected chi connectivity index (χ1v) is 8.54. The number of thiophene rings is 1. The highest BCUT2D eigenvalue weighted by Crippen LogP contribution is 2.19. The summed E-state index contributed by atoms with van der Waals surface area (Å²) in [4.78, 5) is 16.7. The topological polar surface area (TPSA) is 76.7 Å². The van der Waals surface area contributed by atoms with E-state index in [1.807, 2.05) is 47.8 Å². The number of guanidine groups is 1. The number of hydrogen-bond donors (Lipinski definition) is 2. The summed E-state index contributed by atoms with van der Waals surface area (Å²) >= 11 is 1.35. The first kappa shape index (κ1) is 19.5. The SMILES string of the molecule is Cl.NC(=Nc1ccc(OCc2ccccc2)cc1)NC(=O)c1cccs1. The maximum absolute atomic E-state index is 11.9. The van der Waals surface area contributed by atoms with E-state index < -0.39 is 0 Å². The number of nitrogens with one attached hydrogen (secondary N) is 1. The summed E-state index contributed by atoms with van der Waals surface area (Å²) in [6, 6.07) is 20.7. The zero-order valence-corrected chi connectivity index (χ0v) is 15.4. The summed E-state index contributed by atoms with van der Waals surface area (Å²) in [5.74, 6) is 0.527. The van der Waals surface area contributed by atoms with Gasteiger partial charge in [-0.1, -0.05) is 36.4 Å². The molecule has 134 valence electrons. The first-order valence-electron chi connectivity index (χ1n) is 7.66. The van der Waals surface area contributed by atoms with Gasteiger partial charge in [0.25, 0.3) is 5.91 Å². The van der Waals surface area contributed by atoms with E-state index in [1.54, 1.807) is 24.3 Å². The smallest absolute Gasteiger partial charge is 0.268 e. The number of halogens is 1. The van der Waals surface area contributed by atoms with E-state index in [1.165, 1.54) is 11.3 Å². The molecule has 0 bridgehead atoms. The maximum atomic E-state index is 11.9. The number of carbonyl (C=O) groups excluding carboxylic acids is 1. The van der Waals surface area contributed by atoms with E-state index in [2.05, 4.69) is 10.3 Å². The minimum absolute atomic E-state index is 0. The summed E-state index contributed by atoms with van der Waals surface area (Å²) in [6.45, 7) is 0.502. The molecular weight excluding hydrogens is 370 g/mol. The van der Waals surface area contributed by atoms with Crippen LogP contribution in [0, 0.1) is 0 Å². The van der Waals surface area contributed by atoms with Gasteiger partial charge in [-0.2, -0.15) is 0 Å². The lowest BCUT2D eigenvalue weighted by Crippen LogP contribution is -2.36. The Balaban J connectivity index is 0.00000243. The number of hydrogen-bond acceptors (Lipinski definition) is 4. The van der Waals surface area contributed by atoms with Crippen molar-refractivity contribution in [1.29, 1.82) is 0 Å². The van der Waals surface area contributed by atoms with Crippen molar-refractivity contribution in [3.8, 4) is 5.75 Å².